The molecule has 0 bridgehead atoms. The van der Waals surface area contributed by atoms with Crippen LogP contribution in [0.5, 0.6) is 0 Å². The number of carbonyl (C=O) groups is 1. The van der Waals surface area contributed by atoms with Gasteiger partial charge < -0.3 is 10.4 Å². The molecule has 1 saturated carbocycles. The minimum Gasteiger partial charge on any atom is -0.478 e. The van der Waals surface area contributed by atoms with E-state index in [0.29, 0.717) is 11.6 Å². The summed E-state index contributed by atoms with van der Waals surface area (Å²) in [7, 11) is 0. The molecular formula is C12H12FNO2. The number of rotatable bonds is 1. The standard InChI is InChI=1S/C12H12FNO2/c1-6-5-12(6)8-3-2-7(10(15)16)4-9(8)14-11(12)13/h2-4,6,11,14H,5H2,1H3,(H,15,16). The van der Waals surface area contributed by atoms with E-state index in [0.717, 1.165) is 12.0 Å². The van der Waals surface area contributed by atoms with Crippen molar-refractivity contribution in [1.82, 2.24) is 0 Å². The Morgan fingerprint density at radius 3 is 2.88 bits per heavy atom. The number of hydrogen-bond acceptors (Lipinski definition) is 2. The maximum Gasteiger partial charge on any atom is 0.335 e. The first-order chi connectivity index (χ1) is 7.55. The van der Waals surface area contributed by atoms with Crippen molar-refractivity contribution in [3.05, 3.63) is 29.3 Å². The average Bonchev–Trinajstić information content (AvgIpc) is 2.82. The van der Waals surface area contributed by atoms with Crippen molar-refractivity contribution in [2.45, 2.75) is 25.1 Å². The minimum absolute atomic E-state index is 0.198. The number of aromatic carboxylic acids is 1. The molecule has 0 saturated heterocycles. The predicted molar refractivity (Wildman–Crippen MR) is 57.4 cm³/mol. The Bertz CT molecular complexity index is 488. The summed E-state index contributed by atoms with van der Waals surface area (Å²) < 4.78 is 13.9. The van der Waals surface area contributed by atoms with E-state index in [4.69, 9.17) is 5.11 Å². The Labute approximate surface area is 92.3 Å². The zero-order valence-corrected chi connectivity index (χ0v) is 8.83. The summed E-state index contributed by atoms with van der Waals surface area (Å²) in [6.07, 6.45) is -0.248. The average molecular weight is 221 g/mol. The highest BCUT2D eigenvalue weighted by Crippen LogP contribution is 2.62. The molecule has 1 fully saturated rings. The van der Waals surface area contributed by atoms with Crippen LogP contribution in [0.15, 0.2) is 18.2 Å². The molecule has 84 valence electrons. The number of carboxylic acid groups (broad SMARTS) is 1. The largest absolute Gasteiger partial charge is 0.478 e. The fourth-order valence-corrected chi connectivity index (χ4v) is 2.78. The van der Waals surface area contributed by atoms with Crippen LogP contribution in [0.4, 0.5) is 10.1 Å². The van der Waals surface area contributed by atoms with Crippen LogP contribution in [0.2, 0.25) is 0 Å². The van der Waals surface area contributed by atoms with Gasteiger partial charge in [0, 0.05) is 5.69 Å². The van der Waals surface area contributed by atoms with Gasteiger partial charge in [0.15, 0.2) is 6.30 Å². The molecule has 1 aromatic carbocycles. The molecule has 4 heteroatoms. The van der Waals surface area contributed by atoms with Crippen molar-refractivity contribution in [2.24, 2.45) is 5.92 Å². The molecule has 2 N–H and O–H groups in total. The molecule has 2 aliphatic rings. The highest BCUT2D eigenvalue weighted by Gasteiger charge is 2.62. The Balaban J connectivity index is 2.09. The van der Waals surface area contributed by atoms with Crippen molar-refractivity contribution in [1.29, 1.82) is 0 Å². The van der Waals surface area contributed by atoms with Crippen molar-refractivity contribution >= 4 is 11.7 Å². The molecule has 1 aliphatic carbocycles. The Morgan fingerprint density at radius 1 is 1.62 bits per heavy atom. The predicted octanol–water partition coefficient (Wildman–Crippen LogP) is 2.38. The molecule has 3 rings (SSSR count). The lowest BCUT2D eigenvalue weighted by Gasteiger charge is -2.11. The van der Waals surface area contributed by atoms with E-state index in [9.17, 15) is 9.18 Å². The van der Waals surface area contributed by atoms with E-state index in [-0.39, 0.29) is 5.56 Å². The van der Waals surface area contributed by atoms with E-state index in [1.165, 1.54) is 6.07 Å². The van der Waals surface area contributed by atoms with Gasteiger partial charge in [0.1, 0.15) is 0 Å². The second-order valence-corrected chi connectivity index (χ2v) is 4.72. The van der Waals surface area contributed by atoms with Gasteiger partial charge >= 0.3 is 5.97 Å². The molecule has 3 nitrogen and oxygen atoms in total. The second kappa shape index (κ2) is 2.75. The van der Waals surface area contributed by atoms with Crippen LogP contribution >= 0.6 is 0 Å². The van der Waals surface area contributed by atoms with Crippen molar-refractivity contribution < 1.29 is 14.3 Å². The van der Waals surface area contributed by atoms with Crippen LogP contribution in [0, 0.1) is 5.92 Å². The van der Waals surface area contributed by atoms with Gasteiger partial charge in [-0.1, -0.05) is 13.0 Å². The minimum atomic E-state index is -1.08. The molecule has 1 heterocycles. The maximum atomic E-state index is 13.9. The van der Waals surface area contributed by atoms with E-state index >= 15 is 0 Å². The molecule has 16 heavy (non-hydrogen) atoms. The van der Waals surface area contributed by atoms with Gasteiger partial charge in [-0.15, -0.1) is 0 Å². The quantitative estimate of drug-likeness (QED) is 0.716. The molecule has 1 aromatic rings. The number of nitrogens with one attached hydrogen (secondary N) is 1. The van der Waals surface area contributed by atoms with E-state index in [1.807, 2.05) is 6.92 Å². The zero-order chi connectivity index (χ0) is 11.5. The number of benzene rings is 1. The Hall–Kier alpha value is -1.58. The van der Waals surface area contributed by atoms with E-state index in [1.54, 1.807) is 12.1 Å². The SMILES string of the molecule is CC1CC12c1ccc(C(=O)O)cc1NC2F. The Kier molecular flexibility index (Phi) is 1.66. The molecule has 1 spiro atoms. The molecule has 3 atom stereocenters. The fraction of sp³-hybridized carbons (Fsp3) is 0.417. The number of halogens is 1. The molecule has 0 aromatic heterocycles. The summed E-state index contributed by atoms with van der Waals surface area (Å²) in [6.45, 7) is 2.02. The number of hydrogen-bond donors (Lipinski definition) is 2. The first-order valence-electron chi connectivity index (χ1n) is 5.34. The van der Waals surface area contributed by atoms with Crippen LogP contribution in [0.3, 0.4) is 0 Å². The lowest BCUT2D eigenvalue weighted by atomic mass is 9.94. The van der Waals surface area contributed by atoms with Gasteiger partial charge in [0.05, 0.1) is 11.0 Å². The van der Waals surface area contributed by atoms with Gasteiger partial charge in [-0.3, -0.25) is 0 Å². The van der Waals surface area contributed by atoms with Crippen molar-refractivity contribution in [3.63, 3.8) is 0 Å². The third kappa shape index (κ3) is 0.991. The second-order valence-electron chi connectivity index (χ2n) is 4.72. The fourth-order valence-electron chi connectivity index (χ4n) is 2.78. The summed E-state index contributed by atoms with van der Waals surface area (Å²) >= 11 is 0. The lowest BCUT2D eigenvalue weighted by molar-refractivity contribution is 0.0697. The van der Waals surface area contributed by atoms with Crippen LogP contribution in [0.25, 0.3) is 0 Å². The monoisotopic (exact) mass is 221 g/mol. The first-order valence-corrected chi connectivity index (χ1v) is 5.34. The third-order valence-electron chi connectivity index (χ3n) is 3.87. The number of alkyl halides is 1. The van der Waals surface area contributed by atoms with Crippen molar-refractivity contribution in [2.75, 3.05) is 5.32 Å². The molecule has 0 amide bonds. The Morgan fingerprint density at radius 2 is 2.31 bits per heavy atom. The lowest BCUT2D eigenvalue weighted by Crippen LogP contribution is -2.22. The summed E-state index contributed by atoms with van der Waals surface area (Å²) in [4.78, 5) is 10.8. The summed E-state index contributed by atoms with van der Waals surface area (Å²) in [5, 5.41) is 11.6. The number of carboxylic acids is 1. The van der Waals surface area contributed by atoms with Crippen LogP contribution in [-0.4, -0.2) is 17.4 Å². The third-order valence-corrected chi connectivity index (χ3v) is 3.87. The van der Waals surface area contributed by atoms with Crippen LogP contribution < -0.4 is 5.32 Å². The van der Waals surface area contributed by atoms with E-state index in [2.05, 4.69) is 5.32 Å². The highest BCUT2D eigenvalue weighted by atomic mass is 19.1. The maximum absolute atomic E-state index is 13.9. The van der Waals surface area contributed by atoms with Gasteiger partial charge in [-0.05, 0) is 30.0 Å². The number of fused-ring (bicyclic) bond motifs is 2. The smallest absolute Gasteiger partial charge is 0.335 e. The van der Waals surface area contributed by atoms with Gasteiger partial charge in [0.25, 0.3) is 0 Å². The summed E-state index contributed by atoms with van der Waals surface area (Å²) in [5.41, 5.74) is 1.37. The molecular weight excluding hydrogens is 209 g/mol. The van der Waals surface area contributed by atoms with Gasteiger partial charge in [-0.25, -0.2) is 9.18 Å². The summed E-state index contributed by atoms with van der Waals surface area (Å²) in [5.74, 6) is -0.656. The molecule has 1 aliphatic heterocycles. The topological polar surface area (TPSA) is 49.3 Å². The normalized spacial score (nSPS) is 34.6. The van der Waals surface area contributed by atoms with E-state index < -0.39 is 17.7 Å². The van der Waals surface area contributed by atoms with Crippen LogP contribution in [-0.2, 0) is 5.41 Å². The highest BCUT2D eigenvalue weighted by molar-refractivity contribution is 5.89. The van der Waals surface area contributed by atoms with Gasteiger partial charge in [-0.2, -0.15) is 0 Å². The first kappa shape index (κ1) is 9.63. The van der Waals surface area contributed by atoms with Gasteiger partial charge in [0.2, 0.25) is 0 Å². The van der Waals surface area contributed by atoms with Crippen molar-refractivity contribution in [3.8, 4) is 0 Å². The molecule has 3 unspecified atom stereocenters. The zero-order valence-electron chi connectivity index (χ0n) is 8.83. The molecule has 0 radical (unpaired) electrons. The summed E-state index contributed by atoms with van der Waals surface area (Å²) in [6, 6.07) is 4.81. The van der Waals surface area contributed by atoms with Crippen LogP contribution in [0.1, 0.15) is 29.3 Å². The number of anilines is 1.